The molecule has 5 heteroatoms. The fourth-order valence-electron chi connectivity index (χ4n) is 1.72. The quantitative estimate of drug-likeness (QED) is 0.891. The summed E-state index contributed by atoms with van der Waals surface area (Å²) in [6.07, 6.45) is 1.96. The minimum atomic E-state index is -0.293. The molecule has 2 aromatic heterocycles. The van der Waals surface area contributed by atoms with Gasteiger partial charge in [0.2, 0.25) is 5.91 Å². The molecule has 0 aromatic carbocycles. The highest BCUT2D eigenvalue weighted by atomic mass is 16.2. The standard InChI is InChI=1S/C13H15N3O2/c1-9(2)8-11(17)15-16-12(18)6-5-10-4-3-7-14-13(10)16/h3-7,9H,8H2,1-2H3,(H,15,17). The van der Waals surface area contributed by atoms with Crippen molar-refractivity contribution >= 4 is 16.9 Å². The van der Waals surface area contributed by atoms with Gasteiger partial charge in [0.25, 0.3) is 5.56 Å². The molecule has 2 heterocycles. The van der Waals surface area contributed by atoms with Crippen LogP contribution in [0.1, 0.15) is 20.3 Å². The van der Waals surface area contributed by atoms with Gasteiger partial charge in [-0.15, -0.1) is 0 Å². The molecule has 94 valence electrons. The largest absolute Gasteiger partial charge is 0.273 e. The van der Waals surface area contributed by atoms with Crippen LogP contribution in [0, 0.1) is 5.92 Å². The third-order valence-corrected chi connectivity index (χ3v) is 2.48. The highest BCUT2D eigenvalue weighted by Crippen LogP contribution is 2.07. The Morgan fingerprint density at radius 3 is 2.89 bits per heavy atom. The summed E-state index contributed by atoms with van der Waals surface area (Å²) < 4.78 is 1.19. The summed E-state index contributed by atoms with van der Waals surface area (Å²) in [5.41, 5.74) is 2.75. The molecule has 0 radical (unpaired) electrons. The van der Waals surface area contributed by atoms with E-state index in [1.54, 1.807) is 18.3 Å². The molecule has 5 nitrogen and oxygen atoms in total. The number of carbonyl (C=O) groups excluding carboxylic acids is 1. The molecule has 18 heavy (non-hydrogen) atoms. The number of nitrogens with zero attached hydrogens (tertiary/aromatic N) is 2. The Kier molecular flexibility index (Phi) is 3.41. The maximum absolute atomic E-state index is 11.8. The third-order valence-electron chi connectivity index (χ3n) is 2.48. The normalized spacial score (nSPS) is 10.8. The summed E-state index contributed by atoms with van der Waals surface area (Å²) in [7, 11) is 0. The smallest absolute Gasteiger partial charge is 0.271 e. The maximum Gasteiger partial charge on any atom is 0.271 e. The molecule has 0 aliphatic rings. The number of hydrogen-bond donors (Lipinski definition) is 1. The van der Waals surface area contributed by atoms with Crippen molar-refractivity contribution in [1.29, 1.82) is 0 Å². The predicted octanol–water partition coefficient (Wildman–Crippen LogP) is 1.51. The maximum atomic E-state index is 11.8. The Morgan fingerprint density at radius 1 is 1.39 bits per heavy atom. The zero-order chi connectivity index (χ0) is 13.1. The fourth-order valence-corrected chi connectivity index (χ4v) is 1.72. The van der Waals surface area contributed by atoms with Crippen LogP contribution < -0.4 is 11.0 Å². The summed E-state index contributed by atoms with van der Waals surface area (Å²) in [4.78, 5) is 27.6. The van der Waals surface area contributed by atoms with E-state index in [1.807, 2.05) is 19.9 Å². The molecule has 0 saturated heterocycles. The van der Waals surface area contributed by atoms with Gasteiger partial charge in [0.1, 0.15) is 0 Å². The van der Waals surface area contributed by atoms with Crippen molar-refractivity contribution < 1.29 is 4.79 Å². The van der Waals surface area contributed by atoms with Gasteiger partial charge in [-0.1, -0.05) is 13.8 Å². The van der Waals surface area contributed by atoms with Crippen LogP contribution in [0.25, 0.3) is 11.0 Å². The molecule has 0 unspecified atom stereocenters. The molecule has 0 aliphatic carbocycles. The Morgan fingerprint density at radius 2 is 2.17 bits per heavy atom. The van der Waals surface area contributed by atoms with E-state index < -0.39 is 0 Å². The number of rotatable bonds is 3. The Balaban J connectivity index is 2.41. The minimum Gasteiger partial charge on any atom is -0.273 e. The highest BCUT2D eigenvalue weighted by Gasteiger charge is 2.09. The molecule has 0 aliphatic heterocycles. The van der Waals surface area contributed by atoms with Crippen LogP contribution >= 0.6 is 0 Å². The number of carbonyl (C=O) groups is 1. The van der Waals surface area contributed by atoms with E-state index in [9.17, 15) is 9.59 Å². The van der Waals surface area contributed by atoms with Crippen molar-refractivity contribution in [3.8, 4) is 0 Å². The second-order valence-electron chi connectivity index (χ2n) is 4.56. The molecule has 0 bridgehead atoms. The van der Waals surface area contributed by atoms with Crippen LogP contribution in [-0.4, -0.2) is 15.6 Å². The van der Waals surface area contributed by atoms with Crippen LogP contribution in [0.15, 0.2) is 35.3 Å². The van der Waals surface area contributed by atoms with Crippen molar-refractivity contribution in [2.24, 2.45) is 5.92 Å². The number of aromatic nitrogens is 2. The van der Waals surface area contributed by atoms with Gasteiger partial charge in [0.05, 0.1) is 0 Å². The molecule has 1 amide bonds. The van der Waals surface area contributed by atoms with Gasteiger partial charge in [0.15, 0.2) is 5.65 Å². The molecule has 1 N–H and O–H groups in total. The number of pyridine rings is 2. The summed E-state index contributed by atoms with van der Waals surface area (Å²) in [6, 6.07) is 6.73. The van der Waals surface area contributed by atoms with Gasteiger partial charge in [-0.05, 0) is 24.1 Å². The first-order chi connectivity index (χ1) is 8.58. The minimum absolute atomic E-state index is 0.190. The van der Waals surface area contributed by atoms with Gasteiger partial charge in [0, 0.05) is 24.1 Å². The van der Waals surface area contributed by atoms with Crippen molar-refractivity contribution in [2.45, 2.75) is 20.3 Å². The third kappa shape index (κ3) is 2.56. The van der Waals surface area contributed by atoms with Gasteiger partial charge in [-0.25, -0.2) is 4.98 Å². The second kappa shape index (κ2) is 5.00. The number of nitrogens with one attached hydrogen (secondary N) is 1. The summed E-state index contributed by atoms with van der Waals surface area (Å²) in [5.74, 6) is 0.0499. The van der Waals surface area contributed by atoms with Crippen molar-refractivity contribution in [3.63, 3.8) is 0 Å². The number of hydrogen-bond acceptors (Lipinski definition) is 3. The number of amides is 1. The number of fused-ring (bicyclic) bond motifs is 1. The zero-order valence-electron chi connectivity index (χ0n) is 10.4. The first kappa shape index (κ1) is 12.3. The van der Waals surface area contributed by atoms with Crippen molar-refractivity contribution in [3.05, 3.63) is 40.8 Å². The zero-order valence-corrected chi connectivity index (χ0v) is 10.4. The van der Waals surface area contributed by atoms with E-state index in [-0.39, 0.29) is 17.4 Å². The fraction of sp³-hybridized carbons (Fsp3) is 0.308. The van der Waals surface area contributed by atoms with E-state index in [0.29, 0.717) is 12.1 Å². The Bertz CT molecular complexity index is 631. The lowest BCUT2D eigenvalue weighted by atomic mass is 10.1. The molecule has 0 atom stereocenters. The molecule has 2 aromatic rings. The van der Waals surface area contributed by atoms with Crippen LogP contribution in [0.4, 0.5) is 0 Å². The van der Waals surface area contributed by atoms with Gasteiger partial charge in [-0.3, -0.25) is 15.0 Å². The van der Waals surface area contributed by atoms with E-state index in [4.69, 9.17) is 0 Å². The summed E-state index contributed by atoms with van der Waals surface area (Å²) >= 11 is 0. The topological polar surface area (TPSA) is 64.0 Å². The Hall–Kier alpha value is -2.17. The van der Waals surface area contributed by atoms with Gasteiger partial charge in [-0.2, -0.15) is 4.68 Å². The lowest BCUT2D eigenvalue weighted by Crippen LogP contribution is -2.33. The molecule has 0 fully saturated rings. The van der Waals surface area contributed by atoms with Crippen molar-refractivity contribution in [1.82, 2.24) is 9.66 Å². The van der Waals surface area contributed by atoms with Crippen LogP contribution in [0.2, 0.25) is 0 Å². The monoisotopic (exact) mass is 245 g/mol. The second-order valence-corrected chi connectivity index (χ2v) is 4.56. The van der Waals surface area contributed by atoms with E-state index in [1.165, 1.54) is 10.7 Å². The van der Waals surface area contributed by atoms with E-state index in [2.05, 4.69) is 10.4 Å². The molecule has 0 saturated carbocycles. The van der Waals surface area contributed by atoms with Crippen LogP contribution in [0.5, 0.6) is 0 Å². The summed E-state index contributed by atoms with van der Waals surface area (Å²) in [6.45, 7) is 3.90. The van der Waals surface area contributed by atoms with Gasteiger partial charge >= 0.3 is 0 Å². The average Bonchev–Trinajstić information content (AvgIpc) is 2.32. The molecule has 2 rings (SSSR count). The van der Waals surface area contributed by atoms with E-state index in [0.717, 1.165) is 5.39 Å². The van der Waals surface area contributed by atoms with Crippen molar-refractivity contribution in [2.75, 3.05) is 5.43 Å². The average molecular weight is 245 g/mol. The lowest BCUT2D eigenvalue weighted by molar-refractivity contribution is -0.117. The van der Waals surface area contributed by atoms with Crippen LogP contribution in [0.3, 0.4) is 0 Å². The first-order valence-electron chi connectivity index (χ1n) is 5.84. The van der Waals surface area contributed by atoms with E-state index >= 15 is 0 Å². The molecular formula is C13H15N3O2. The Labute approximate surface area is 104 Å². The molecule has 0 spiro atoms. The first-order valence-corrected chi connectivity index (χ1v) is 5.84. The highest BCUT2D eigenvalue weighted by molar-refractivity contribution is 5.86. The SMILES string of the molecule is CC(C)CC(=O)Nn1c(=O)ccc2cccnc21. The summed E-state index contributed by atoms with van der Waals surface area (Å²) in [5, 5.41) is 0.807. The predicted molar refractivity (Wildman–Crippen MR) is 69.8 cm³/mol. The van der Waals surface area contributed by atoms with Gasteiger partial charge < -0.3 is 0 Å². The molecular weight excluding hydrogens is 230 g/mol. The van der Waals surface area contributed by atoms with Crippen LogP contribution in [-0.2, 0) is 4.79 Å². The lowest BCUT2D eigenvalue weighted by Gasteiger charge is -2.11.